The molecule has 0 aliphatic carbocycles. The van der Waals surface area contributed by atoms with Gasteiger partial charge in [-0.05, 0) is 36.0 Å². The quantitative estimate of drug-likeness (QED) is 0.755. The molecule has 0 saturated carbocycles. The van der Waals surface area contributed by atoms with Gasteiger partial charge >= 0.3 is 0 Å². The van der Waals surface area contributed by atoms with Gasteiger partial charge < -0.3 is 10.1 Å². The maximum absolute atomic E-state index is 12.7. The van der Waals surface area contributed by atoms with Crippen LogP contribution in [-0.2, 0) is 16.6 Å². The number of hydrogen-bond acceptors (Lipinski definition) is 5. The highest BCUT2D eigenvalue weighted by atomic mass is 16.5. The molecular formula is C21H23N5O2. The van der Waals surface area contributed by atoms with E-state index in [-0.39, 0.29) is 11.8 Å². The molecule has 28 heavy (non-hydrogen) atoms. The number of likely N-dealkylation sites (tertiary alicyclic amines) is 1. The topological polar surface area (TPSA) is 72.3 Å². The van der Waals surface area contributed by atoms with Crippen LogP contribution in [0.15, 0.2) is 42.9 Å². The van der Waals surface area contributed by atoms with Crippen molar-refractivity contribution in [1.29, 1.82) is 0 Å². The monoisotopic (exact) mass is 377 g/mol. The zero-order chi connectivity index (χ0) is 19.1. The summed E-state index contributed by atoms with van der Waals surface area (Å²) in [6.45, 7) is 3.35. The van der Waals surface area contributed by atoms with E-state index in [9.17, 15) is 4.79 Å². The number of fused-ring (bicyclic) bond motifs is 1. The Kier molecular flexibility index (Phi) is 4.33. The van der Waals surface area contributed by atoms with E-state index < -0.39 is 0 Å². The van der Waals surface area contributed by atoms with Crippen LogP contribution in [0.5, 0.6) is 0 Å². The number of anilines is 1. The molecule has 2 aliphatic heterocycles. The number of carbonyl (C=O) groups excluding carboxylic acids is 1. The van der Waals surface area contributed by atoms with Crippen LogP contribution in [0.4, 0.5) is 5.82 Å². The van der Waals surface area contributed by atoms with E-state index in [0.29, 0.717) is 11.9 Å². The summed E-state index contributed by atoms with van der Waals surface area (Å²) in [5.74, 6) is 0.670. The highest BCUT2D eigenvalue weighted by molar-refractivity contribution is 5.95. The fourth-order valence-electron chi connectivity index (χ4n) is 3.95. The fraction of sp³-hybridized carbons (Fsp3) is 0.381. The molecule has 2 aliphatic rings. The van der Waals surface area contributed by atoms with Crippen LogP contribution in [0.25, 0.3) is 21.9 Å². The van der Waals surface area contributed by atoms with Gasteiger partial charge in [0.25, 0.3) is 0 Å². The van der Waals surface area contributed by atoms with E-state index in [1.165, 1.54) is 0 Å². The second kappa shape index (κ2) is 7.00. The van der Waals surface area contributed by atoms with Gasteiger partial charge in [-0.15, -0.1) is 0 Å². The van der Waals surface area contributed by atoms with E-state index in [0.717, 1.165) is 54.6 Å². The maximum atomic E-state index is 12.7. The molecule has 1 aromatic carbocycles. The van der Waals surface area contributed by atoms with Gasteiger partial charge in [0.15, 0.2) is 0 Å². The van der Waals surface area contributed by atoms with Crippen LogP contribution in [0.2, 0.25) is 0 Å². The van der Waals surface area contributed by atoms with Crippen LogP contribution in [0, 0.1) is 5.92 Å². The Morgan fingerprint density at radius 1 is 1.18 bits per heavy atom. The Labute approximate surface area is 163 Å². The van der Waals surface area contributed by atoms with E-state index in [2.05, 4.69) is 32.4 Å². The molecule has 3 aromatic rings. The lowest BCUT2D eigenvalue weighted by Crippen LogP contribution is -2.48. The number of pyridine rings is 1. The standard InChI is InChI=1S/C21H23N5O2/c1-25-10-18(9-23-25)14-2-3-15-8-22-20(7-17(15)6-14)24-21(27)16-4-5-26(11-16)19-12-28-13-19/h2-3,6-10,16,19H,4-5,11-13H2,1H3,(H,22,24,27). The molecule has 0 bridgehead atoms. The third-order valence-corrected chi connectivity index (χ3v) is 5.74. The van der Waals surface area contributed by atoms with Gasteiger partial charge in [0, 0.05) is 36.9 Å². The molecule has 0 radical (unpaired) electrons. The van der Waals surface area contributed by atoms with Crippen molar-refractivity contribution < 1.29 is 9.53 Å². The second-order valence-electron chi connectivity index (χ2n) is 7.70. The Balaban J connectivity index is 1.32. The average Bonchev–Trinajstić information content (AvgIpc) is 3.29. The zero-order valence-corrected chi connectivity index (χ0v) is 15.8. The van der Waals surface area contributed by atoms with E-state index >= 15 is 0 Å². The number of amides is 1. The third kappa shape index (κ3) is 3.27. The van der Waals surface area contributed by atoms with Crippen molar-refractivity contribution in [2.75, 3.05) is 31.6 Å². The number of hydrogen-bond donors (Lipinski definition) is 1. The molecule has 2 fully saturated rings. The number of carbonyl (C=O) groups is 1. The van der Waals surface area contributed by atoms with E-state index in [4.69, 9.17) is 4.74 Å². The van der Waals surface area contributed by atoms with Crippen molar-refractivity contribution in [1.82, 2.24) is 19.7 Å². The number of nitrogens with one attached hydrogen (secondary N) is 1. The molecule has 144 valence electrons. The molecule has 2 aromatic heterocycles. The molecular weight excluding hydrogens is 354 g/mol. The first kappa shape index (κ1) is 17.3. The molecule has 1 atom stereocenters. The van der Waals surface area contributed by atoms with E-state index in [1.54, 1.807) is 4.68 Å². The Bertz CT molecular complexity index is 1030. The summed E-state index contributed by atoms with van der Waals surface area (Å²) in [7, 11) is 1.91. The average molecular weight is 377 g/mol. The summed E-state index contributed by atoms with van der Waals surface area (Å²) in [5, 5.41) is 9.34. The summed E-state index contributed by atoms with van der Waals surface area (Å²) in [5.41, 5.74) is 2.16. The summed E-state index contributed by atoms with van der Waals surface area (Å²) >= 11 is 0. The van der Waals surface area contributed by atoms with Crippen LogP contribution >= 0.6 is 0 Å². The molecule has 1 amide bonds. The summed E-state index contributed by atoms with van der Waals surface area (Å²) in [4.78, 5) is 19.5. The van der Waals surface area contributed by atoms with Gasteiger partial charge in [0.2, 0.25) is 5.91 Å². The van der Waals surface area contributed by atoms with Crippen molar-refractivity contribution >= 4 is 22.5 Å². The summed E-state index contributed by atoms with van der Waals surface area (Å²) in [6, 6.07) is 8.65. The lowest BCUT2D eigenvalue weighted by molar-refractivity contribution is -0.120. The van der Waals surface area contributed by atoms with Crippen LogP contribution < -0.4 is 5.32 Å². The van der Waals surface area contributed by atoms with Gasteiger partial charge in [-0.1, -0.05) is 12.1 Å². The molecule has 7 heteroatoms. The number of nitrogens with zero attached hydrogens (tertiary/aromatic N) is 4. The molecule has 1 N–H and O–H groups in total. The van der Waals surface area contributed by atoms with Gasteiger partial charge in [0.05, 0.1) is 31.4 Å². The van der Waals surface area contributed by atoms with Crippen LogP contribution in [-0.4, -0.2) is 57.9 Å². The maximum Gasteiger partial charge on any atom is 0.229 e. The number of aromatic nitrogens is 3. The van der Waals surface area contributed by atoms with Gasteiger partial charge in [-0.3, -0.25) is 14.4 Å². The minimum Gasteiger partial charge on any atom is -0.378 e. The molecule has 4 heterocycles. The summed E-state index contributed by atoms with van der Waals surface area (Å²) < 4.78 is 7.06. The Morgan fingerprint density at radius 2 is 2.07 bits per heavy atom. The lowest BCUT2D eigenvalue weighted by atomic mass is 10.0. The van der Waals surface area contributed by atoms with Crippen molar-refractivity contribution in [2.24, 2.45) is 13.0 Å². The minimum atomic E-state index is 0.0137. The highest BCUT2D eigenvalue weighted by Crippen LogP contribution is 2.26. The molecule has 5 rings (SSSR count). The van der Waals surface area contributed by atoms with Crippen molar-refractivity contribution in [2.45, 2.75) is 12.5 Å². The lowest BCUT2D eigenvalue weighted by Gasteiger charge is -2.34. The Hall–Kier alpha value is -2.77. The minimum absolute atomic E-state index is 0.0137. The predicted molar refractivity (Wildman–Crippen MR) is 107 cm³/mol. The predicted octanol–water partition coefficient (Wildman–Crippen LogP) is 2.29. The zero-order valence-electron chi connectivity index (χ0n) is 15.8. The van der Waals surface area contributed by atoms with Crippen LogP contribution in [0.1, 0.15) is 6.42 Å². The largest absolute Gasteiger partial charge is 0.378 e. The van der Waals surface area contributed by atoms with Gasteiger partial charge in [-0.25, -0.2) is 4.98 Å². The second-order valence-corrected chi connectivity index (χ2v) is 7.70. The van der Waals surface area contributed by atoms with E-state index in [1.807, 2.05) is 37.8 Å². The number of benzene rings is 1. The molecule has 7 nitrogen and oxygen atoms in total. The molecule has 2 saturated heterocycles. The number of aryl methyl sites for hydroxylation is 1. The van der Waals surface area contributed by atoms with Gasteiger partial charge in [0.1, 0.15) is 5.82 Å². The first-order chi connectivity index (χ1) is 13.7. The van der Waals surface area contributed by atoms with Crippen LogP contribution in [0.3, 0.4) is 0 Å². The smallest absolute Gasteiger partial charge is 0.229 e. The molecule has 1 unspecified atom stereocenters. The normalized spacial score (nSPS) is 20.4. The number of ether oxygens (including phenoxy) is 1. The third-order valence-electron chi connectivity index (χ3n) is 5.74. The first-order valence-corrected chi connectivity index (χ1v) is 9.67. The van der Waals surface area contributed by atoms with Crippen molar-refractivity contribution in [3.8, 4) is 11.1 Å². The van der Waals surface area contributed by atoms with Gasteiger partial charge in [-0.2, -0.15) is 5.10 Å². The molecule has 0 spiro atoms. The van der Waals surface area contributed by atoms with Crippen molar-refractivity contribution in [3.05, 3.63) is 42.9 Å². The number of rotatable bonds is 4. The highest BCUT2D eigenvalue weighted by Gasteiger charge is 2.35. The van der Waals surface area contributed by atoms with Crippen molar-refractivity contribution in [3.63, 3.8) is 0 Å². The SMILES string of the molecule is Cn1cc(-c2ccc3cnc(NC(=O)C4CCN(C5COC5)C4)cc3c2)cn1. The summed E-state index contributed by atoms with van der Waals surface area (Å²) in [6.07, 6.45) is 6.54. The first-order valence-electron chi connectivity index (χ1n) is 9.67. The fourth-order valence-corrected chi connectivity index (χ4v) is 3.95. The Morgan fingerprint density at radius 3 is 2.82 bits per heavy atom.